The van der Waals surface area contributed by atoms with Crippen molar-refractivity contribution in [2.24, 2.45) is 0 Å². The van der Waals surface area contributed by atoms with Gasteiger partial charge >= 0.3 is 0 Å². The van der Waals surface area contributed by atoms with E-state index < -0.39 is 0 Å². The highest BCUT2D eigenvalue weighted by Gasteiger charge is 1.97. The molecule has 0 atom stereocenters. The van der Waals surface area contributed by atoms with E-state index in [-0.39, 0.29) is 0 Å². The zero-order valence-electron chi connectivity index (χ0n) is 7.83. The summed E-state index contributed by atoms with van der Waals surface area (Å²) in [6, 6.07) is 10.00. The van der Waals surface area contributed by atoms with E-state index in [9.17, 15) is 0 Å². The summed E-state index contributed by atoms with van der Waals surface area (Å²) in [7, 11) is 0. The molecule has 0 spiro atoms. The Morgan fingerprint density at radius 1 is 1.31 bits per heavy atom. The van der Waals surface area contributed by atoms with Crippen LogP contribution in [0.2, 0.25) is 0 Å². The van der Waals surface area contributed by atoms with Gasteiger partial charge in [-0.3, -0.25) is 0 Å². The minimum absolute atomic E-state index is 0.581. The maximum Gasteiger partial charge on any atom is 0.0541 e. The third-order valence-corrected chi connectivity index (χ3v) is 2.87. The lowest BCUT2D eigenvalue weighted by Crippen LogP contribution is -1.82. The van der Waals surface area contributed by atoms with Crippen molar-refractivity contribution in [3.63, 3.8) is 0 Å². The third kappa shape index (κ3) is 3.88. The fourth-order valence-corrected chi connectivity index (χ4v) is 1.67. The summed E-state index contributed by atoms with van der Waals surface area (Å²) in [5.74, 6) is 0. The summed E-state index contributed by atoms with van der Waals surface area (Å²) in [5, 5.41) is 3.40. The van der Waals surface area contributed by atoms with Gasteiger partial charge in [0.05, 0.1) is 5.03 Å². The molecule has 0 fully saturated rings. The van der Waals surface area contributed by atoms with Gasteiger partial charge in [0, 0.05) is 5.25 Å². The first-order valence-electron chi connectivity index (χ1n) is 4.26. The Balaban J connectivity index is 2.68. The third-order valence-electron chi connectivity index (χ3n) is 1.49. The van der Waals surface area contributed by atoms with Gasteiger partial charge in [0.25, 0.3) is 0 Å². The number of halogens is 1. The summed E-state index contributed by atoms with van der Waals surface area (Å²) in [6.45, 7) is 4.30. The van der Waals surface area contributed by atoms with Crippen molar-refractivity contribution in [3.8, 4) is 0 Å². The van der Waals surface area contributed by atoms with Crippen LogP contribution in [0.4, 0.5) is 0 Å². The molecule has 0 aliphatic rings. The van der Waals surface area contributed by atoms with Crippen LogP contribution in [0, 0.1) is 0 Å². The van der Waals surface area contributed by atoms with Crippen LogP contribution in [0.3, 0.4) is 0 Å². The molecule has 0 unspecified atom stereocenters. The first-order valence-corrected chi connectivity index (χ1v) is 5.59. The molecule has 1 aromatic rings. The fraction of sp³-hybridized carbons (Fsp3) is 0.273. The first-order chi connectivity index (χ1) is 6.20. The van der Waals surface area contributed by atoms with Crippen molar-refractivity contribution in [2.75, 3.05) is 0 Å². The molecule has 0 aliphatic carbocycles. The highest BCUT2D eigenvalue weighted by molar-refractivity contribution is 8.02. The average molecular weight is 213 g/mol. The van der Waals surface area contributed by atoms with Crippen LogP contribution >= 0.6 is 23.4 Å². The van der Waals surface area contributed by atoms with Crippen molar-refractivity contribution < 1.29 is 0 Å². The van der Waals surface area contributed by atoms with Gasteiger partial charge in [0.2, 0.25) is 0 Å². The van der Waals surface area contributed by atoms with Crippen LogP contribution in [0.1, 0.15) is 19.4 Å². The fourth-order valence-electron chi connectivity index (χ4n) is 0.861. The molecule has 0 aromatic heterocycles. The molecule has 0 N–H and O–H groups in total. The lowest BCUT2D eigenvalue weighted by atomic mass is 10.2. The molecular weight excluding hydrogens is 200 g/mol. The summed E-state index contributed by atoms with van der Waals surface area (Å²) in [5.41, 5.74) is 1.08. The van der Waals surface area contributed by atoms with Crippen molar-refractivity contribution in [3.05, 3.63) is 41.3 Å². The Labute approximate surface area is 89.0 Å². The van der Waals surface area contributed by atoms with E-state index in [2.05, 4.69) is 13.8 Å². The normalized spacial score (nSPS) is 12.2. The van der Waals surface area contributed by atoms with Gasteiger partial charge in [-0.2, -0.15) is 0 Å². The summed E-state index contributed by atoms with van der Waals surface area (Å²) in [4.78, 5) is 0. The average Bonchev–Trinajstić information content (AvgIpc) is 2.15. The lowest BCUT2D eigenvalue weighted by Gasteiger charge is -2.00. The zero-order chi connectivity index (χ0) is 9.68. The van der Waals surface area contributed by atoms with Gasteiger partial charge in [-0.15, -0.1) is 11.8 Å². The van der Waals surface area contributed by atoms with E-state index in [0.717, 1.165) is 10.6 Å². The standard InChI is InChI=1S/C11H13ClS/c1-9(2)13-8-11(12)10-6-4-3-5-7-10/h3-9H,1-2H3/b11-8+. The number of thioether (sulfide) groups is 1. The Morgan fingerprint density at radius 2 is 1.92 bits per heavy atom. The van der Waals surface area contributed by atoms with Crippen LogP contribution in [0.5, 0.6) is 0 Å². The van der Waals surface area contributed by atoms with Gasteiger partial charge in [-0.25, -0.2) is 0 Å². The van der Waals surface area contributed by atoms with E-state index in [0.29, 0.717) is 5.25 Å². The number of hydrogen-bond donors (Lipinski definition) is 0. The van der Waals surface area contributed by atoms with E-state index in [1.807, 2.05) is 35.7 Å². The minimum Gasteiger partial charge on any atom is -0.130 e. The molecule has 0 bridgehead atoms. The quantitative estimate of drug-likeness (QED) is 0.717. The predicted molar refractivity (Wildman–Crippen MR) is 63.0 cm³/mol. The molecule has 1 rings (SSSR count). The molecule has 0 radical (unpaired) electrons. The van der Waals surface area contributed by atoms with Crippen molar-refractivity contribution in [1.29, 1.82) is 0 Å². The van der Waals surface area contributed by atoms with Crippen LogP contribution in [-0.4, -0.2) is 5.25 Å². The van der Waals surface area contributed by atoms with Crippen LogP contribution in [-0.2, 0) is 0 Å². The number of rotatable bonds is 3. The van der Waals surface area contributed by atoms with E-state index in [4.69, 9.17) is 11.6 Å². The Bertz CT molecular complexity index is 277. The highest BCUT2D eigenvalue weighted by Crippen LogP contribution is 2.23. The van der Waals surface area contributed by atoms with Crippen LogP contribution in [0.25, 0.3) is 5.03 Å². The van der Waals surface area contributed by atoms with Gasteiger partial charge < -0.3 is 0 Å². The number of hydrogen-bond acceptors (Lipinski definition) is 1. The maximum atomic E-state index is 6.09. The monoisotopic (exact) mass is 212 g/mol. The molecule has 0 saturated carbocycles. The van der Waals surface area contributed by atoms with Gasteiger partial charge in [0.15, 0.2) is 0 Å². The second-order valence-electron chi connectivity index (χ2n) is 3.02. The smallest absolute Gasteiger partial charge is 0.0541 e. The molecular formula is C11H13ClS. The number of benzene rings is 1. The highest BCUT2D eigenvalue weighted by atomic mass is 35.5. The second kappa shape index (κ2) is 5.36. The van der Waals surface area contributed by atoms with E-state index in [1.54, 1.807) is 11.8 Å². The van der Waals surface area contributed by atoms with Crippen molar-refractivity contribution in [2.45, 2.75) is 19.1 Å². The maximum absolute atomic E-state index is 6.09. The molecule has 13 heavy (non-hydrogen) atoms. The predicted octanol–water partition coefficient (Wildman–Crippen LogP) is 4.37. The molecule has 1 aromatic carbocycles. The summed E-state index contributed by atoms with van der Waals surface area (Å²) < 4.78 is 0. The van der Waals surface area contributed by atoms with Gasteiger partial charge in [-0.1, -0.05) is 55.8 Å². The molecule has 0 heterocycles. The largest absolute Gasteiger partial charge is 0.130 e. The minimum atomic E-state index is 0.581. The van der Waals surface area contributed by atoms with Crippen LogP contribution in [0.15, 0.2) is 35.7 Å². The van der Waals surface area contributed by atoms with Crippen LogP contribution < -0.4 is 0 Å². The SMILES string of the molecule is CC(C)S/C=C(/Cl)c1ccccc1. The van der Waals surface area contributed by atoms with Crippen molar-refractivity contribution >= 4 is 28.4 Å². The Hall–Kier alpha value is -0.400. The summed E-state index contributed by atoms with van der Waals surface area (Å²) in [6.07, 6.45) is 0. The molecule has 0 nitrogen and oxygen atoms in total. The molecule has 0 amide bonds. The lowest BCUT2D eigenvalue weighted by molar-refractivity contribution is 1.12. The Morgan fingerprint density at radius 3 is 2.46 bits per heavy atom. The van der Waals surface area contributed by atoms with E-state index in [1.165, 1.54) is 0 Å². The van der Waals surface area contributed by atoms with E-state index >= 15 is 0 Å². The van der Waals surface area contributed by atoms with Gasteiger partial charge in [0.1, 0.15) is 0 Å². The molecule has 2 heteroatoms. The Kier molecular flexibility index (Phi) is 4.40. The molecule has 70 valence electrons. The van der Waals surface area contributed by atoms with Gasteiger partial charge in [-0.05, 0) is 11.0 Å². The summed E-state index contributed by atoms with van der Waals surface area (Å²) >= 11 is 7.83. The molecule has 0 saturated heterocycles. The molecule has 0 aliphatic heterocycles. The topological polar surface area (TPSA) is 0 Å². The second-order valence-corrected chi connectivity index (χ2v) is 4.87. The van der Waals surface area contributed by atoms with Crippen molar-refractivity contribution in [1.82, 2.24) is 0 Å². The first kappa shape index (κ1) is 10.7. The zero-order valence-corrected chi connectivity index (χ0v) is 9.40.